The number of benzene rings is 1. The quantitative estimate of drug-likeness (QED) is 0.902. The normalized spacial score (nSPS) is 12.5. The maximum Gasteiger partial charge on any atom is 0.129 e. The van der Waals surface area contributed by atoms with E-state index in [1.54, 1.807) is 18.4 Å². The SMILES string of the molecule is COc1csc(C(N)c2cc(C)ccc2C)c1. The van der Waals surface area contributed by atoms with Gasteiger partial charge in [-0.25, -0.2) is 0 Å². The van der Waals surface area contributed by atoms with Crippen molar-refractivity contribution in [3.8, 4) is 5.75 Å². The minimum absolute atomic E-state index is 0.0659. The van der Waals surface area contributed by atoms with Gasteiger partial charge in [-0.3, -0.25) is 0 Å². The van der Waals surface area contributed by atoms with Crippen LogP contribution in [-0.2, 0) is 0 Å². The predicted octanol–water partition coefficient (Wildman–Crippen LogP) is 3.42. The number of thiophene rings is 1. The summed E-state index contributed by atoms with van der Waals surface area (Å²) in [6.45, 7) is 4.18. The average molecular weight is 247 g/mol. The molecule has 0 bridgehead atoms. The third-order valence-corrected chi connectivity index (χ3v) is 3.90. The van der Waals surface area contributed by atoms with Crippen LogP contribution in [0.5, 0.6) is 5.75 Å². The zero-order chi connectivity index (χ0) is 12.4. The van der Waals surface area contributed by atoms with E-state index in [2.05, 4.69) is 32.0 Å². The molecule has 1 atom stereocenters. The Bertz CT molecular complexity index is 519. The van der Waals surface area contributed by atoms with E-state index >= 15 is 0 Å². The highest BCUT2D eigenvalue weighted by atomic mass is 32.1. The first-order valence-corrected chi connectivity index (χ1v) is 6.45. The lowest BCUT2D eigenvalue weighted by atomic mass is 9.98. The zero-order valence-corrected chi connectivity index (χ0v) is 11.2. The van der Waals surface area contributed by atoms with Crippen molar-refractivity contribution in [3.05, 3.63) is 51.2 Å². The van der Waals surface area contributed by atoms with Crippen molar-refractivity contribution < 1.29 is 4.74 Å². The number of methoxy groups -OCH3 is 1. The Morgan fingerprint density at radius 2 is 2.00 bits per heavy atom. The molecular formula is C14H17NOS. The molecule has 0 aliphatic carbocycles. The van der Waals surface area contributed by atoms with Gasteiger partial charge in [0.15, 0.2) is 0 Å². The molecule has 17 heavy (non-hydrogen) atoms. The molecule has 1 aromatic heterocycles. The summed E-state index contributed by atoms with van der Waals surface area (Å²) in [5, 5.41) is 1.99. The molecule has 1 aromatic carbocycles. The zero-order valence-electron chi connectivity index (χ0n) is 10.4. The van der Waals surface area contributed by atoms with E-state index in [-0.39, 0.29) is 6.04 Å². The molecule has 1 unspecified atom stereocenters. The summed E-state index contributed by atoms with van der Waals surface area (Å²) in [5.41, 5.74) is 9.97. The Morgan fingerprint density at radius 1 is 1.24 bits per heavy atom. The Kier molecular flexibility index (Phi) is 3.50. The van der Waals surface area contributed by atoms with Crippen LogP contribution in [0.2, 0.25) is 0 Å². The highest BCUT2D eigenvalue weighted by Crippen LogP contribution is 2.31. The first kappa shape index (κ1) is 12.1. The highest BCUT2D eigenvalue weighted by Gasteiger charge is 2.14. The van der Waals surface area contributed by atoms with Gasteiger partial charge in [0.05, 0.1) is 13.2 Å². The molecule has 0 radical (unpaired) electrons. The van der Waals surface area contributed by atoms with Crippen LogP contribution in [0.15, 0.2) is 29.6 Å². The van der Waals surface area contributed by atoms with E-state index in [4.69, 9.17) is 10.5 Å². The van der Waals surface area contributed by atoms with Gasteiger partial charge in [-0.15, -0.1) is 11.3 Å². The molecule has 0 saturated carbocycles. The molecule has 0 spiro atoms. The van der Waals surface area contributed by atoms with Crippen LogP contribution in [0, 0.1) is 13.8 Å². The van der Waals surface area contributed by atoms with Gasteiger partial charge < -0.3 is 10.5 Å². The molecular weight excluding hydrogens is 230 g/mol. The second kappa shape index (κ2) is 4.90. The first-order chi connectivity index (χ1) is 8.11. The minimum Gasteiger partial charge on any atom is -0.496 e. The average Bonchev–Trinajstić information content (AvgIpc) is 2.80. The smallest absolute Gasteiger partial charge is 0.129 e. The van der Waals surface area contributed by atoms with Gasteiger partial charge in [-0.05, 0) is 31.0 Å². The van der Waals surface area contributed by atoms with Crippen LogP contribution < -0.4 is 10.5 Å². The molecule has 3 heteroatoms. The molecule has 0 amide bonds. The summed E-state index contributed by atoms with van der Waals surface area (Å²) >= 11 is 1.64. The summed E-state index contributed by atoms with van der Waals surface area (Å²) in [6, 6.07) is 8.34. The molecule has 2 aromatic rings. The summed E-state index contributed by atoms with van der Waals surface area (Å²) < 4.78 is 5.19. The van der Waals surface area contributed by atoms with Gasteiger partial charge in [-0.2, -0.15) is 0 Å². The van der Waals surface area contributed by atoms with Gasteiger partial charge in [-0.1, -0.05) is 23.8 Å². The van der Waals surface area contributed by atoms with Gasteiger partial charge >= 0.3 is 0 Å². The van der Waals surface area contributed by atoms with E-state index in [0.29, 0.717) is 0 Å². The molecule has 2 rings (SSSR count). The number of hydrogen-bond donors (Lipinski definition) is 1. The molecule has 90 valence electrons. The third-order valence-electron chi connectivity index (χ3n) is 2.91. The predicted molar refractivity (Wildman–Crippen MR) is 72.8 cm³/mol. The molecule has 2 nitrogen and oxygen atoms in total. The second-order valence-electron chi connectivity index (χ2n) is 4.23. The lowest BCUT2D eigenvalue weighted by Gasteiger charge is -2.13. The summed E-state index contributed by atoms with van der Waals surface area (Å²) in [6.07, 6.45) is 0. The molecule has 0 aliphatic heterocycles. The minimum atomic E-state index is -0.0659. The number of rotatable bonds is 3. The fourth-order valence-electron chi connectivity index (χ4n) is 1.85. The molecule has 0 aliphatic rings. The Balaban J connectivity index is 2.35. The van der Waals surface area contributed by atoms with E-state index in [9.17, 15) is 0 Å². The van der Waals surface area contributed by atoms with E-state index in [0.717, 1.165) is 10.6 Å². The highest BCUT2D eigenvalue weighted by molar-refractivity contribution is 7.10. The molecule has 2 N–H and O–H groups in total. The van der Waals surface area contributed by atoms with Crippen LogP contribution in [-0.4, -0.2) is 7.11 Å². The van der Waals surface area contributed by atoms with E-state index < -0.39 is 0 Å². The number of ether oxygens (including phenoxy) is 1. The van der Waals surface area contributed by atoms with Crippen LogP contribution in [0.4, 0.5) is 0 Å². The van der Waals surface area contributed by atoms with Crippen molar-refractivity contribution >= 4 is 11.3 Å². The van der Waals surface area contributed by atoms with Gasteiger partial charge in [0.1, 0.15) is 5.75 Å². The van der Waals surface area contributed by atoms with Gasteiger partial charge in [0.25, 0.3) is 0 Å². The largest absolute Gasteiger partial charge is 0.496 e. The van der Waals surface area contributed by atoms with Crippen molar-refractivity contribution in [1.29, 1.82) is 0 Å². The number of aryl methyl sites for hydroxylation is 2. The lowest BCUT2D eigenvalue weighted by Crippen LogP contribution is -2.11. The van der Waals surface area contributed by atoms with Crippen LogP contribution in [0.1, 0.15) is 27.6 Å². The maximum absolute atomic E-state index is 6.31. The molecule has 1 heterocycles. The fraction of sp³-hybridized carbons (Fsp3) is 0.286. The number of hydrogen-bond acceptors (Lipinski definition) is 3. The number of nitrogens with two attached hydrogens (primary N) is 1. The lowest BCUT2D eigenvalue weighted by molar-refractivity contribution is 0.416. The van der Waals surface area contributed by atoms with Gasteiger partial charge in [0, 0.05) is 10.3 Å². The van der Waals surface area contributed by atoms with E-state index in [1.807, 2.05) is 11.4 Å². The van der Waals surface area contributed by atoms with Crippen LogP contribution in [0.25, 0.3) is 0 Å². The molecule has 0 fully saturated rings. The fourth-order valence-corrected chi connectivity index (χ4v) is 2.73. The second-order valence-corrected chi connectivity index (χ2v) is 5.17. The van der Waals surface area contributed by atoms with Crippen molar-refractivity contribution in [2.24, 2.45) is 5.73 Å². The standard InChI is InChI=1S/C14H17NOS/c1-9-4-5-10(2)12(6-9)14(15)13-7-11(16-3)8-17-13/h4-8,14H,15H2,1-3H3. The van der Waals surface area contributed by atoms with Crippen molar-refractivity contribution in [2.75, 3.05) is 7.11 Å². The first-order valence-electron chi connectivity index (χ1n) is 5.57. The van der Waals surface area contributed by atoms with Crippen molar-refractivity contribution in [2.45, 2.75) is 19.9 Å². The molecule has 0 saturated heterocycles. The summed E-state index contributed by atoms with van der Waals surface area (Å²) in [4.78, 5) is 1.13. The Labute approximate surface area is 106 Å². The Hall–Kier alpha value is -1.32. The third kappa shape index (κ3) is 2.51. The summed E-state index contributed by atoms with van der Waals surface area (Å²) in [5.74, 6) is 0.880. The Morgan fingerprint density at radius 3 is 2.65 bits per heavy atom. The monoisotopic (exact) mass is 247 g/mol. The maximum atomic E-state index is 6.31. The topological polar surface area (TPSA) is 35.2 Å². The van der Waals surface area contributed by atoms with Crippen molar-refractivity contribution in [1.82, 2.24) is 0 Å². The van der Waals surface area contributed by atoms with Gasteiger partial charge in [0.2, 0.25) is 0 Å². The summed E-state index contributed by atoms with van der Waals surface area (Å²) in [7, 11) is 1.68. The van der Waals surface area contributed by atoms with Crippen LogP contribution >= 0.6 is 11.3 Å². The van der Waals surface area contributed by atoms with Crippen LogP contribution in [0.3, 0.4) is 0 Å². The van der Waals surface area contributed by atoms with Crippen molar-refractivity contribution in [3.63, 3.8) is 0 Å². The van der Waals surface area contributed by atoms with E-state index in [1.165, 1.54) is 16.7 Å².